The van der Waals surface area contributed by atoms with Gasteiger partial charge in [0.15, 0.2) is 17.2 Å². The number of rotatable bonds is 11. The fourth-order valence-electron chi connectivity index (χ4n) is 5.03. The quantitative estimate of drug-likeness (QED) is 0.161. The van der Waals surface area contributed by atoms with Crippen molar-refractivity contribution in [2.24, 2.45) is 0 Å². The Morgan fingerprint density at radius 3 is 2.43 bits per heavy atom. The molecular formula is C32H32BrN3O6S2. The lowest BCUT2D eigenvalue weighted by atomic mass is 10.1. The van der Waals surface area contributed by atoms with E-state index in [1.54, 1.807) is 10.4 Å². The largest absolute Gasteiger partial charge is 0.481 e. The highest BCUT2D eigenvalue weighted by atomic mass is 79.9. The molecule has 44 heavy (non-hydrogen) atoms. The number of nitrogens with zero attached hydrogens (tertiary/aromatic N) is 1. The number of anilines is 2. The maximum atomic E-state index is 12.9. The lowest BCUT2D eigenvalue weighted by molar-refractivity contribution is -0.118. The summed E-state index contributed by atoms with van der Waals surface area (Å²) in [4.78, 5) is 25.3. The van der Waals surface area contributed by atoms with Gasteiger partial charge in [-0.25, -0.2) is 17.5 Å². The summed E-state index contributed by atoms with van der Waals surface area (Å²) in [6.45, 7) is 2.39. The number of hydrogen-bond donors (Lipinski definition) is 3. The van der Waals surface area contributed by atoms with E-state index in [0.29, 0.717) is 41.0 Å². The Labute approximate surface area is 269 Å². The van der Waals surface area contributed by atoms with Crippen LogP contribution in [0.4, 0.5) is 11.4 Å². The molecule has 9 nitrogen and oxygen atoms in total. The van der Waals surface area contributed by atoms with E-state index in [2.05, 4.69) is 26.6 Å². The zero-order chi connectivity index (χ0) is 31.3. The molecule has 3 N–H and O–H groups in total. The van der Waals surface area contributed by atoms with E-state index in [9.17, 15) is 23.1 Å². The third-order valence-corrected chi connectivity index (χ3v) is 11.4. The highest BCUT2D eigenvalue weighted by Crippen LogP contribution is 2.46. The van der Waals surface area contributed by atoms with Crippen molar-refractivity contribution in [3.8, 4) is 16.2 Å². The number of carboxylic acids is 1. The summed E-state index contributed by atoms with van der Waals surface area (Å²) in [6, 6.07) is 24.2. The molecule has 0 unspecified atom stereocenters. The molecule has 0 atom stereocenters. The van der Waals surface area contributed by atoms with Gasteiger partial charge in [-0.2, -0.15) is 0 Å². The summed E-state index contributed by atoms with van der Waals surface area (Å²) in [5, 5.41) is 16.2. The van der Waals surface area contributed by atoms with Crippen molar-refractivity contribution in [2.45, 2.75) is 31.6 Å². The minimum Gasteiger partial charge on any atom is -0.481 e. The first kappa shape index (κ1) is 31.7. The second-order valence-corrected chi connectivity index (χ2v) is 14.3. The van der Waals surface area contributed by atoms with Crippen LogP contribution in [0.5, 0.6) is 5.75 Å². The van der Waals surface area contributed by atoms with Gasteiger partial charge in [0.2, 0.25) is 10.0 Å². The summed E-state index contributed by atoms with van der Waals surface area (Å²) >= 11 is 4.57. The summed E-state index contributed by atoms with van der Waals surface area (Å²) in [6.07, 6.45) is 1.32. The average molecular weight is 699 g/mol. The SMILES string of the molecule is Cc1ccccc1NC(=O)COc1c(C(=O)O)sc(-c2cccc(NC3CCN(S(=O)(=O)Cc4ccccc4)CC3)c2)c1Br. The molecule has 12 heteroatoms. The normalized spacial score (nSPS) is 14.2. The average Bonchev–Trinajstić information content (AvgIpc) is 3.34. The van der Waals surface area contributed by atoms with Crippen molar-refractivity contribution < 1.29 is 27.9 Å². The zero-order valence-corrected chi connectivity index (χ0v) is 27.2. The molecule has 1 aliphatic rings. The van der Waals surface area contributed by atoms with Crippen LogP contribution in [0.15, 0.2) is 83.3 Å². The lowest BCUT2D eigenvalue weighted by Crippen LogP contribution is -2.42. The monoisotopic (exact) mass is 697 g/mol. The van der Waals surface area contributed by atoms with Crippen LogP contribution >= 0.6 is 27.3 Å². The molecule has 1 aliphatic heterocycles. The number of amides is 1. The van der Waals surface area contributed by atoms with Crippen LogP contribution in [0.3, 0.4) is 0 Å². The van der Waals surface area contributed by atoms with Crippen LogP contribution in [0.2, 0.25) is 0 Å². The molecule has 0 spiro atoms. The van der Waals surface area contributed by atoms with Crippen LogP contribution < -0.4 is 15.4 Å². The third kappa shape index (κ3) is 7.68. The van der Waals surface area contributed by atoms with E-state index in [0.717, 1.165) is 33.7 Å². The summed E-state index contributed by atoms with van der Waals surface area (Å²) in [5.74, 6) is -1.47. The van der Waals surface area contributed by atoms with E-state index in [1.165, 1.54) is 0 Å². The van der Waals surface area contributed by atoms with Crippen molar-refractivity contribution in [1.29, 1.82) is 0 Å². The topological polar surface area (TPSA) is 125 Å². The Hall–Kier alpha value is -3.71. The molecule has 0 aliphatic carbocycles. The van der Waals surface area contributed by atoms with Gasteiger partial charge < -0.3 is 20.5 Å². The number of hydrogen-bond acceptors (Lipinski definition) is 7. The van der Waals surface area contributed by atoms with E-state index < -0.39 is 21.9 Å². The van der Waals surface area contributed by atoms with Crippen molar-refractivity contribution in [2.75, 3.05) is 30.3 Å². The van der Waals surface area contributed by atoms with E-state index in [4.69, 9.17) is 4.74 Å². The molecule has 230 valence electrons. The Morgan fingerprint density at radius 2 is 1.73 bits per heavy atom. The molecule has 4 aromatic rings. The van der Waals surface area contributed by atoms with Gasteiger partial charge in [0.25, 0.3) is 5.91 Å². The molecular weight excluding hydrogens is 666 g/mol. The van der Waals surface area contributed by atoms with Crippen LogP contribution in [-0.4, -0.2) is 55.4 Å². The second kappa shape index (κ2) is 13.9. The fraction of sp³-hybridized carbons (Fsp3) is 0.250. The van der Waals surface area contributed by atoms with Gasteiger partial charge in [0, 0.05) is 30.5 Å². The highest BCUT2D eigenvalue weighted by molar-refractivity contribution is 9.10. The predicted octanol–water partition coefficient (Wildman–Crippen LogP) is 6.61. The summed E-state index contributed by atoms with van der Waals surface area (Å²) < 4.78 is 33.6. The molecule has 1 fully saturated rings. The zero-order valence-electron chi connectivity index (χ0n) is 24.0. The van der Waals surface area contributed by atoms with E-state index >= 15 is 0 Å². The maximum Gasteiger partial charge on any atom is 0.349 e. The second-order valence-electron chi connectivity index (χ2n) is 10.5. The molecule has 1 amide bonds. The van der Waals surface area contributed by atoms with Crippen LogP contribution in [0.25, 0.3) is 10.4 Å². The standard InChI is InChI=1S/C32H32BrN3O6S2/c1-21-8-5-6-13-26(21)35-27(37)19-42-29-28(33)30(43-31(29)32(38)39)23-11-7-12-25(18-23)34-24-14-16-36(17-15-24)44(40,41)20-22-9-3-2-4-10-22/h2-13,18,24,34H,14-17,19-20H2,1H3,(H,35,37)(H,38,39). The Bertz CT molecular complexity index is 1750. The number of ether oxygens (including phenoxy) is 1. The molecule has 1 aromatic heterocycles. The fourth-order valence-corrected chi connectivity index (χ4v) is 8.48. The van der Waals surface area contributed by atoms with Crippen LogP contribution in [0.1, 0.15) is 33.6 Å². The van der Waals surface area contributed by atoms with Gasteiger partial charge in [0.1, 0.15) is 0 Å². The Balaban J connectivity index is 1.23. The number of carboxylic acid groups (broad SMARTS) is 1. The highest BCUT2D eigenvalue weighted by Gasteiger charge is 2.29. The number of carbonyl (C=O) groups is 2. The van der Waals surface area contributed by atoms with Crippen molar-refractivity contribution >= 4 is 60.5 Å². The Kier molecular flexibility index (Phi) is 10.0. The Morgan fingerprint density at radius 1 is 1.02 bits per heavy atom. The van der Waals surface area contributed by atoms with Gasteiger partial charge in [-0.15, -0.1) is 11.3 Å². The molecule has 1 saturated heterocycles. The lowest BCUT2D eigenvalue weighted by Gasteiger charge is -2.32. The number of aryl methyl sites for hydroxylation is 1. The van der Waals surface area contributed by atoms with Gasteiger partial charge in [-0.3, -0.25) is 4.79 Å². The molecule has 0 saturated carbocycles. The van der Waals surface area contributed by atoms with Crippen molar-refractivity contribution in [3.63, 3.8) is 0 Å². The van der Waals surface area contributed by atoms with Crippen LogP contribution in [-0.2, 0) is 20.6 Å². The first-order valence-electron chi connectivity index (χ1n) is 14.0. The molecule has 0 radical (unpaired) electrons. The van der Waals surface area contributed by atoms with Gasteiger partial charge in [-0.1, -0.05) is 60.7 Å². The number of piperidine rings is 1. The van der Waals surface area contributed by atoms with Crippen LogP contribution in [0, 0.1) is 6.92 Å². The number of sulfonamides is 1. The number of aromatic carboxylic acids is 1. The summed E-state index contributed by atoms with van der Waals surface area (Å²) in [7, 11) is -3.40. The first-order chi connectivity index (χ1) is 21.1. The molecule has 2 heterocycles. The van der Waals surface area contributed by atoms with Crippen molar-refractivity contribution in [1.82, 2.24) is 4.31 Å². The molecule has 3 aromatic carbocycles. The van der Waals surface area contributed by atoms with Gasteiger partial charge >= 0.3 is 5.97 Å². The van der Waals surface area contributed by atoms with Crippen molar-refractivity contribution in [3.05, 3.63) is 99.3 Å². The number of carbonyl (C=O) groups excluding carboxylic acids is 1. The van der Waals surface area contributed by atoms with Gasteiger partial charge in [-0.05, 0) is 70.6 Å². The third-order valence-electron chi connectivity index (χ3n) is 7.30. The molecule has 5 rings (SSSR count). The van der Waals surface area contributed by atoms with Gasteiger partial charge in [0.05, 0.1) is 15.1 Å². The minimum atomic E-state index is -3.40. The number of para-hydroxylation sites is 1. The predicted molar refractivity (Wildman–Crippen MR) is 177 cm³/mol. The van der Waals surface area contributed by atoms with E-state index in [1.807, 2.05) is 79.7 Å². The smallest absolute Gasteiger partial charge is 0.349 e. The van der Waals surface area contributed by atoms with E-state index in [-0.39, 0.29) is 29.0 Å². The first-order valence-corrected chi connectivity index (χ1v) is 17.2. The number of benzene rings is 3. The number of nitrogens with one attached hydrogen (secondary N) is 2. The number of thiophene rings is 1. The summed E-state index contributed by atoms with van der Waals surface area (Å²) in [5.41, 5.74) is 3.95. The maximum absolute atomic E-state index is 12.9. The number of halogens is 1. The minimum absolute atomic E-state index is 0.00885. The molecule has 0 bridgehead atoms.